The molecule has 1 aromatic heterocycles. The fraction of sp³-hybridized carbons (Fsp3) is 0.125. The lowest BCUT2D eigenvalue weighted by Crippen LogP contribution is -2.28. The minimum absolute atomic E-state index is 0.461. The van der Waals surface area contributed by atoms with Crippen molar-refractivity contribution < 1.29 is 9.53 Å². The first-order valence-electron chi connectivity index (χ1n) is 6.75. The fourth-order valence-corrected chi connectivity index (χ4v) is 2.04. The second-order valence-electron chi connectivity index (χ2n) is 4.58. The molecule has 0 saturated heterocycles. The molecule has 0 spiro atoms. The van der Waals surface area contributed by atoms with E-state index in [0.717, 1.165) is 16.9 Å². The molecule has 2 N–H and O–H groups in total. The minimum atomic E-state index is -0.461. The molecule has 0 radical (unpaired) electrons. The zero-order valence-electron chi connectivity index (χ0n) is 11.4. The van der Waals surface area contributed by atoms with Crippen LogP contribution in [-0.4, -0.2) is 22.6 Å². The normalized spacial score (nSPS) is 10.5. The summed E-state index contributed by atoms with van der Waals surface area (Å²) < 4.78 is 5.13. The van der Waals surface area contributed by atoms with Gasteiger partial charge in [0.25, 0.3) is 0 Å². The van der Waals surface area contributed by atoms with Crippen LogP contribution >= 0.6 is 0 Å². The lowest BCUT2D eigenvalue weighted by atomic mass is 10.3. The van der Waals surface area contributed by atoms with Gasteiger partial charge >= 0.3 is 6.09 Å². The second-order valence-corrected chi connectivity index (χ2v) is 4.58. The molecule has 0 aliphatic heterocycles. The van der Waals surface area contributed by atoms with Crippen LogP contribution in [0.3, 0.4) is 0 Å². The Labute approximate surface area is 122 Å². The largest absolute Gasteiger partial charge is 0.412 e. The summed E-state index contributed by atoms with van der Waals surface area (Å²) in [6, 6.07) is 16.8. The topological polar surface area (TPSA) is 67.0 Å². The highest BCUT2D eigenvalue weighted by Gasteiger charge is 2.05. The molecule has 0 atom stereocenters. The SMILES string of the molecule is O=C(NCCc1nc2ccccc2[nH]1)Oc1ccccc1. The zero-order valence-corrected chi connectivity index (χ0v) is 11.4. The van der Waals surface area contributed by atoms with Crippen molar-refractivity contribution >= 4 is 17.1 Å². The Morgan fingerprint density at radius 3 is 2.67 bits per heavy atom. The number of fused-ring (bicyclic) bond motifs is 1. The summed E-state index contributed by atoms with van der Waals surface area (Å²) in [5.74, 6) is 1.37. The molecule has 1 amide bonds. The van der Waals surface area contributed by atoms with Crippen molar-refractivity contribution in [3.63, 3.8) is 0 Å². The summed E-state index contributed by atoms with van der Waals surface area (Å²) >= 11 is 0. The number of aromatic nitrogens is 2. The van der Waals surface area contributed by atoms with E-state index in [1.54, 1.807) is 12.1 Å². The van der Waals surface area contributed by atoms with Gasteiger partial charge in [-0.1, -0.05) is 30.3 Å². The molecule has 3 aromatic rings. The maximum absolute atomic E-state index is 11.6. The van der Waals surface area contributed by atoms with E-state index in [-0.39, 0.29) is 0 Å². The average molecular weight is 281 g/mol. The van der Waals surface area contributed by atoms with Crippen LogP contribution in [0.2, 0.25) is 0 Å². The number of hydrogen-bond acceptors (Lipinski definition) is 3. The van der Waals surface area contributed by atoms with Gasteiger partial charge in [0.15, 0.2) is 0 Å². The smallest absolute Gasteiger partial charge is 0.410 e. The molecule has 1 heterocycles. The van der Waals surface area contributed by atoms with Gasteiger partial charge in [0.2, 0.25) is 0 Å². The highest BCUT2D eigenvalue weighted by molar-refractivity contribution is 5.74. The van der Waals surface area contributed by atoms with Crippen molar-refractivity contribution in [3.8, 4) is 5.75 Å². The number of carbonyl (C=O) groups excluding carboxylic acids is 1. The number of carbonyl (C=O) groups is 1. The molecule has 5 nitrogen and oxygen atoms in total. The van der Waals surface area contributed by atoms with Gasteiger partial charge in [-0.05, 0) is 24.3 Å². The summed E-state index contributed by atoms with van der Waals surface area (Å²) in [5.41, 5.74) is 1.93. The number of para-hydroxylation sites is 3. The number of aromatic amines is 1. The van der Waals surface area contributed by atoms with Crippen LogP contribution < -0.4 is 10.1 Å². The van der Waals surface area contributed by atoms with Gasteiger partial charge in [0.05, 0.1) is 11.0 Å². The Morgan fingerprint density at radius 1 is 1.10 bits per heavy atom. The Morgan fingerprint density at radius 2 is 1.86 bits per heavy atom. The number of amides is 1. The number of nitrogens with zero attached hydrogens (tertiary/aromatic N) is 1. The van der Waals surface area contributed by atoms with E-state index in [4.69, 9.17) is 4.74 Å². The van der Waals surface area contributed by atoms with E-state index in [1.807, 2.05) is 42.5 Å². The Hall–Kier alpha value is -2.82. The predicted molar refractivity (Wildman–Crippen MR) is 80.3 cm³/mol. The summed E-state index contributed by atoms with van der Waals surface area (Å²) in [4.78, 5) is 19.3. The van der Waals surface area contributed by atoms with E-state index in [9.17, 15) is 4.79 Å². The molecule has 2 aromatic carbocycles. The fourth-order valence-electron chi connectivity index (χ4n) is 2.04. The van der Waals surface area contributed by atoms with Crippen molar-refractivity contribution in [1.82, 2.24) is 15.3 Å². The van der Waals surface area contributed by atoms with Crippen molar-refractivity contribution in [3.05, 3.63) is 60.4 Å². The van der Waals surface area contributed by atoms with Gasteiger partial charge in [0.1, 0.15) is 11.6 Å². The van der Waals surface area contributed by atoms with Crippen LogP contribution in [0.15, 0.2) is 54.6 Å². The standard InChI is InChI=1S/C16H15N3O2/c20-16(21-12-6-2-1-3-7-12)17-11-10-15-18-13-8-4-5-9-14(13)19-15/h1-9H,10-11H2,(H,17,20)(H,18,19). The van der Waals surface area contributed by atoms with Gasteiger partial charge in [-0.3, -0.25) is 0 Å². The van der Waals surface area contributed by atoms with Crippen molar-refractivity contribution in [1.29, 1.82) is 0 Å². The number of hydrogen-bond donors (Lipinski definition) is 2. The first kappa shape index (κ1) is 13.2. The van der Waals surface area contributed by atoms with Crippen LogP contribution in [0, 0.1) is 0 Å². The molecule has 3 rings (SSSR count). The summed E-state index contributed by atoms with van der Waals surface area (Å²) in [5, 5.41) is 2.70. The van der Waals surface area contributed by atoms with Gasteiger partial charge in [0, 0.05) is 13.0 Å². The Bertz CT molecular complexity index is 704. The Balaban J connectivity index is 1.50. The van der Waals surface area contributed by atoms with Crippen LogP contribution in [0.1, 0.15) is 5.82 Å². The van der Waals surface area contributed by atoms with Crippen molar-refractivity contribution in [2.45, 2.75) is 6.42 Å². The highest BCUT2D eigenvalue weighted by Crippen LogP contribution is 2.10. The molecule has 0 unspecified atom stereocenters. The van der Waals surface area contributed by atoms with Crippen LogP contribution in [0.5, 0.6) is 5.75 Å². The number of benzene rings is 2. The molecule has 106 valence electrons. The zero-order chi connectivity index (χ0) is 14.5. The Kier molecular flexibility index (Phi) is 3.82. The van der Waals surface area contributed by atoms with Gasteiger partial charge in [-0.15, -0.1) is 0 Å². The third-order valence-electron chi connectivity index (χ3n) is 3.02. The molecular formula is C16H15N3O2. The average Bonchev–Trinajstić information content (AvgIpc) is 2.91. The van der Waals surface area contributed by atoms with Gasteiger partial charge < -0.3 is 15.0 Å². The predicted octanol–water partition coefficient (Wildman–Crippen LogP) is 2.89. The molecule has 0 saturated carbocycles. The summed E-state index contributed by atoms with van der Waals surface area (Å²) in [6.07, 6.45) is 0.163. The highest BCUT2D eigenvalue weighted by atomic mass is 16.5. The summed E-state index contributed by atoms with van der Waals surface area (Å²) in [6.45, 7) is 0.464. The lowest BCUT2D eigenvalue weighted by Gasteiger charge is -2.05. The van der Waals surface area contributed by atoms with Crippen LogP contribution in [0.25, 0.3) is 11.0 Å². The molecule has 0 aliphatic rings. The number of H-pyrrole nitrogens is 1. The van der Waals surface area contributed by atoms with Crippen LogP contribution in [0.4, 0.5) is 4.79 Å². The van der Waals surface area contributed by atoms with E-state index in [2.05, 4.69) is 15.3 Å². The third kappa shape index (κ3) is 3.39. The molecule has 21 heavy (non-hydrogen) atoms. The molecule has 0 bridgehead atoms. The molecule has 0 aliphatic carbocycles. The van der Waals surface area contributed by atoms with E-state index in [1.165, 1.54) is 0 Å². The van der Waals surface area contributed by atoms with Crippen molar-refractivity contribution in [2.75, 3.05) is 6.54 Å². The number of rotatable bonds is 4. The lowest BCUT2D eigenvalue weighted by molar-refractivity contribution is 0.200. The summed E-state index contributed by atoms with van der Waals surface area (Å²) in [7, 11) is 0. The maximum Gasteiger partial charge on any atom is 0.412 e. The first-order chi connectivity index (χ1) is 10.3. The quantitative estimate of drug-likeness (QED) is 0.772. The van der Waals surface area contributed by atoms with E-state index in [0.29, 0.717) is 18.7 Å². The van der Waals surface area contributed by atoms with Gasteiger partial charge in [-0.25, -0.2) is 9.78 Å². The molecular weight excluding hydrogens is 266 g/mol. The van der Waals surface area contributed by atoms with Gasteiger partial charge in [-0.2, -0.15) is 0 Å². The number of nitrogens with one attached hydrogen (secondary N) is 2. The molecule has 0 fully saturated rings. The minimum Gasteiger partial charge on any atom is -0.410 e. The van der Waals surface area contributed by atoms with E-state index < -0.39 is 6.09 Å². The first-order valence-corrected chi connectivity index (χ1v) is 6.75. The van der Waals surface area contributed by atoms with Crippen molar-refractivity contribution in [2.24, 2.45) is 0 Å². The number of imidazole rings is 1. The monoisotopic (exact) mass is 281 g/mol. The molecule has 5 heteroatoms. The third-order valence-corrected chi connectivity index (χ3v) is 3.02. The number of ether oxygens (including phenoxy) is 1. The second kappa shape index (κ2) is 6.09. The maximum atomic E-state index is 11.6. The van der Waals surface area contributed by atoms with Crippen LogP contribution in [-0.2, 0) is 6.42 Å². The van der Waals surface area contributed by atoms with E-state index >= 15 is 0 Å².